The van der Waals surface area contributed by atoms with E-state index in [1.165, 1.54) is 6.42 Å². The van der Waals surface area contributed by atoms with Crippen LogP contribution in [0.25, 0.3) is 10.9 Å². The van der Waals surface area contributed by atoms with E-state index in [2.05, 4.69) is 20.9 Å². The number of fused-ring (bicyclic) bond motifs is 5. The van der Waals surface area contributed by atoms with Crippen LogP contribution in [0.2, 0.25) is 0 Å². The van der Waals surface area contributed by atoms with E-state index in [-0.39, 0.29) is 5.91 Å². The molecule has 26 heavy (non-hydrogen) atoms. The average molecular weight is 351 g/mol. The molecule has 1 N–H and O–H groups in total. The van der Waals surface area contributed by atoms with Gasteiger partial charge in [-0.2, -0.15) is 0 Å². The molecule has 3 atom stereocenters. The number of hydrogen-bond acceptors (Lipinski definition) is 2. The van der Waals surface area contributed by atoms with Crippen LogP contribution in [0.5, 0.6) is 0 Å². The topological polar surface area (TPSA) is 56.4 Å². The van der Waals surface area contributed by atoms with Crippen LogP contribution in [-0.4, -0.2) is 52.3 Å². The molecule has 3 aliphatic rings. The average Bonchev–Trinajstić information content (AvgIpc) is 3.05. The molecule has 136 valence electrons. The molecule has 5 heteroatoms. The first-order valence-electron chi connectivity index (χ1n) is 9.81. The van der Waals surface area contributed by atoms with Crippen molar-refractivity contribution in [1.29, 1.82) is 0 Å². The molecular weight excluding hydrogens is 326 g/mol. The number of carbonyl (C=O) groups is 2. The van der Waals surface area contributed by atoms with Crippen LogP contribution >= 0.6 is 0 Å². The van der Waals surface area contributed by atoms with E-state index in [1.807, 2.05) is 24.4 Å². The van der Waals surface area contributed by atoms with Gasteiger partial charge >= 0.3 is 0 Å². The van der Waals surface area contributed by atoms with Crippen LogP contribution in [-0.2, 0) is 16.0 Å². The molecule has 5 rings (SSSR count). The van der Waals surface area contributed by atoms with Crippen molar-refractivity contribution in [2.45, 2.75) is 38.1 Å². The maximum absolute atomic E-state index is 13.0. The van der Waals surface area contributed by atoms with E-state index >= 15 is 0 Å². The molecule has 0 radical (unpaired) electrons. The third-order valence-electron chi connectivity index (χ3n) is 6.55. The van der Waals surface area contributed by atoms with Crippen LogP contribution in [0.15, 0.2) is 30.5 Å². The van der Waals surface area contributed by atoms with Gasteiger partial charge in [0.1, 0.15) is 0 Å². The Kier molecular flexibility index (Phi) is 3.76. The van der Waals surface area contributed by atoms with E-state index in [1.54, 1.807) is 0 Å². The van der Waals surface area contributed by atoms with E-state index in [0.29, 0.717) is 36.6 Å². The lowest BCUT2D eigenvalue weighted by Gasteiger charge is -2.52. The van der Waals surface area contributed by atoms with E-state index in [4.69, 9.17) is 0 Å². The summed E-state index contributed by atoms with van der Waals surface area (Å²) in [5.41, 5.74) is 2.16. The number of nitrogens with zero attached hydrogens (tertiary/aromatic N) is 2. The quantitative estimate of drug-likeness (QED) is 0.904. The number of nitrogens with one attached hydrogen (secondary N) is 1. The number of aromatic nitrogens is 1. The van der Waals surface area contributed by atoms with Crippen molar-refractivity contribution >= 4 is 22.7 Å². The molecule has 4 heterocycles. The predicted octanol–water partition coefficient (Wildman–Crippen LogP) is 2.57. The molecule has 3 aliphatic heterocycles. The summed E-state index contributed by atoms with van der Waals surface area (Å²) in [5, 5.41) is 1.14. The largest absolute Gasteiger partial charge is 0.361 e. The molecule has 1 aromatic carbocycles. The fourth-order valence-electron chi connectivity index (χ4n) is 5.37. The Labute approximate surface area is 153 Å². The fraction of sp³-hybridized carbons (Fsp3) is 0.524. The molecule has 3 saturated heterocycles. The number of benzene rings is 1. The van der Waals surface area contributed by atoms with Gasteiger partial charge in [-0.1, -0.05) is 18.2 Å². The van der Waals surface area contributed by atoms with Crippen molar-refractivity contribution in [2.75, 3.05) is 19.6 Å². The lowest BCUT2D eigenvalue weighted by atomic mass is 9.76. The van der Waals surface area contributed by atoms with Gasteiger partial charge in [-0.3, -0.25) is 9.59 Å². The molecular formula is C21H25N3O2. The zero-order chi connectivity index (χ0) is 17.7. The van der Waals surface area contributed by atoms with Crippen LogP contribution < -0.4 is 0 Å². The Morgan fingerprint density at radius 3 is 3.00 bits per heavy atom. The van der Waals surface area contributed by atoms with Crippen molar-refractivity contribution in [3.8, 4) is 0 Å². The first-order valence-corrected chi connectivity index (χ1v) is 9.81. The highest BCUT2D eigenvalue weighted by Crippen LogP contribution is 2.38. The Morgan fingerprint density at radius 1 is 1.19 bits per heavy atom. The number of aromatic amines is 1. The second kappa shape index (κ2) is 6.15. The maximum Gasteiger partial charge on any atom is 0.227 e. The summed E-state index contributed by atoms with van der Waals surface area (Å²) in [7, 11) is 0. The molecule has 5 nitrogen and oxygen atoms in total. The SMILES string of the molecule is O=C(Cc1c[nH]c2ccccc12)N1C[C@H]2C[C@@H](C1)[C@@H]1CCCC(=O)N1C2. The predicted molar refractivity (Wildman–Crippen MR) is 99.5 cm³/mol. The third kappa shape index (κ3) is 2.61. The molecule has 0 unspecified atom stereocenters. The first kappa shape index (κ1) is 15.9. The smallest absolute Gasteiger partial charge is 0.227 e. The van der Waals surface area contributed by atoms with Gasteiger partial charge < -0.3 is 14.8 Å². The third-order valence-corrected chi connectivity index (χ3v) is 6.55. The van der Waals surface area contributed by atoms with Gasteiger partial charge in [0.25, 0.3) is 0 Å². The summed E-state index contributed by atoms with van der Waals surface area (Å²) in [6.07, 6.45) is 6.41. The van der Waals surface area contributed by atoms with Crippen LogP contribution in [0.3, 0.4) is 0 Å². The summed E-state index contributed by atoms with van der Waals surface area (Å²) in [6, 6.07) is 8.50. The molecule has 2 amide bonds. The fourth-order valence-corrected chi connectivity index (χ4v) is 5.37. The maximum atomic E-state index is 13.0. The summed E-state index contributed by atoms with van der Waals surface area (Å²) < 4.78 is 0. The van der Waals surface area contributed by atoms with E-state index < -0.39 is 0 Å². The summed E-state index contributed by atoms with van der Waals surface area (Å²) in [4.78, 5) is 32.7. The lowest BCUT2D eigenvalue weighted by Crippen LogP contribution is -2.61. The Bertz CT molecular complexity index is 858. The number of amides is 2. The van der Waals surface area contributed by atoms with Crippen molar-refractivity contribution in [3.63, 3.8) is 0 Å². The number of H-pyrrole nitrogens is 1. The first-order chi connectivity index (χ1) is 12.7. The monoisotopic (exact) mass is 351 g/mol. The Morgan fingerprint density at radius 2 is 2.08 bits per heavy atom. The summed E-state index contributed by atoms with van der Waals surface area (Å²) in [5.74, 6) is 1.45. The summed E-state index contributed by atoms with van der Waals surface area (Å²) in [6.45, 7) is 2.46. The number of piperidine rings is 3. The molecule has 2 aromatic rings. The highest BCUT2D eigenvalue weighted by molar-refractivity contribution is 5.89. The van der Waals surface area contributed by atoms with Crippen LogP contribution in [0, 0.1) is 11.8 Å². The summed E-state index contributed by atoms with van der Waals surface area (Å²) >= 11 is 0. The van der Waals surface area contributed by atoms with Crippen LogP contribution in [0.1, 0.15) is 31.2 Å². The zero-order valence-electron chi connectivity index (χ0n) is 15.0. The van der Waals surface area contributed by atoms with Crippen molar-refractivity contribution < 1.29 is 9.59 Å². The van der Waals surface area contributed by atoms with E-state index in [9.17, 15) is 9.59 Å². The number of hydrogen-bond donors (Lipinski definition) is 1. The van der Waals surface area contributed by atoms with Crippen molar-refractivity contribution in [2.24, 2.45) is 11.8 Å². The van der Waals surface area contributed by atoms with Gasteiger partial charge in [0.15, 0.2) is 0 Å². The number of likely N-dealkylation sites (tertiary alicyclic amines) is 1. The number of carbonyl (C=O) groups excluding carboxylic acids is 2. The minimum absolute atomic E-state index is 0.222. The van der Waals surface area contributed by atoms with Gasteiger partial charge in [-0.05, 0) is 42.7 Å². The zero-order valence-corrected chi connectivity index (χ0v) is 15.0. The van der Waals surface area contributed by atoms with E-state index in [0.717, 1.165) is 48.9 Å². The van der Waals surface area contributed by atoms with Gasteiger partial charge in [-0.25, -0.2) is 0 Å². The minimum atomic E-state index is 0.222. The highest BCUT2D eigenvalue weighted by atomic mass is 16.2. The second-order valence-corrected chi connectivity index (χ2v) is 8.20. The lowest BCUT2D eigenvalue weighted by molar-refractivity contribution is -0.148. The second-order valence-electron chi connectivity index (χ2n) is 8.20. The molecule has 3 fully saturated rings. The highest BCUT2D eigenvalue weighted by Gasteiger charge is 2.44. The van der Waals surface area contributed by atoms with Gasteiger partial charge in [-0.15, -0.1) is 0 Å². The Hall–Kier alpha value is -2.30. The van der Waals surface area contributed by atoms with Gasteiger partial charge in [0.2, 0.25) is 11.8 Å². The molecule has 1 aromatic heterocycles. The van der Waals surface area contributed by atoms with Gasteiger partial charge in [0.05, 0.1) is 6.42 Å². The Balaban J connectivity index is 1.32. The molecule has 2 bridgehead atoms. The standard InChI is InChI=1S/C21H25N3O2/c25-20-7-3-6-19-16-8-14(12-24(19)20)11-23(13-16)21(26)9-15-10-22-18-5-2-1-4-17(15)18/h1-2,4-5,10,14,16,19,22H,3,6-9,11-13H2/t14-,16+,19+/m1/s1. The van der Waals surface area contributed by atoms with Gasteiger partial charge in [0, 0.05) is 49.2 Å². The number of rotatable bonds is 2. The van der Waals surface area contributed by atoms with Crippen LogP contribution in [0.4, 0.5) is 0 Å². The van der Waals surface area contributed by atoms with Crippen molar-refractivity contribution in [3.05, 3.63) is 36.0 Å². The molecule has 0 aliphatic carbocycles. The molecule has 0 spiro atoms. The number of para-hydroxylation sites is 1. The van der Waals surface area contributed by atoms with Crippen molar-refractivity contribution in [1.82, 2.24) is 14.8 Å². The minimum Gasteiger partial charge on any atom is -0.361 e. The normalized spacial score (nSPS) is 28.3. The molecule has 0 saturated carbocycles.